The molecule has 1 saturated heterocycles. The molecule has 30 heavy (non-hydrogen) atoms. The van der Waals surface area contributed by atoms with E-state index in [1.807, 2.05) is 15.8 Å². The lowest BCUT2D eigenvalue weighted by atomic mass is 9.95. The average molecular weight is 407 g/mol. The number of amides is 1. The molecule has 158 valence electrons. The van der Waals surface area contributed by atoms with E-state index in [0.29, 0.717) is 24.3 Å². The van der Waals surface area contributed by atoms with Crippen LogP contribution in [0.1, 0.15) is 70.7 Å². The fourth-order valence-corrected chi connectivity index (χ4v) is 4.45. The Labute approximate surface area is 176 Å². The average Bonchev–Trinajstić information content (AvgIpc) is 3.14. The van der Waals surface area contributed by atoms with Gasteiger partial charge in [0.25, 0.3) is 0 Å². The van der Waals surface area contributed by atoms with Crippen molar-refractivity contribution in [2.45, 2.75) is 64.8 Å². The number of rotatable bonds is 5. The Morgan fingerprint density at radius 2 is 2.00 bits per heavy atom. The first-order valence-electron chi connectivity index (χ1n) is 11.1. The molecule has 2 fully saturated rings. The lowest BCUT2D eigenvalue weighted by Crippen LogP contribution is -2.38. The molecule has 0 radical (unpaired) electrons. The number of hydrogen-bond donors (Lipinski definition) is 1. The first-order chi connectivity index (χ1) is 14.4. The quantitative estimate of drug-likeness (QED) is 0.685. The van der Waals surface area contributed by atoms with Gasteiger partial charge >= 0.3 is 0 Å². The van der Waals surface area contributed by atoms with Gasteiger partial charge in [-0.05, 0) is 51.0 Å². The molecule has 0 unspecified atom stereocenters. The molecule has 1 aliphatic heterocycles. The zero-order valence-corrected chi connectivity index (χ0v) is 18.1. The Bertz CT molecular complexity index is 1070. The van der Waals surface area contributed by atoms with Crippen LogP contribution in [0.15, 0.2) is 24.4 Å². The molecule has 0 bridgehead atoms. The van der Waals surface area contributed by atoms with E-state index in [2.05, 4.69) is 59.3 Å². The number of carbonyl (C=O) groups is 1. The summed E-state index contributed by atoms with van der Waals surface area (Å²) in [7, 11) is 0. The van der Waals surface area contributed by atoms with Gasteiger partial charge in [-0.3, -0.25) is 9.48 Å². The highest BCUT2D eigenvalue weighted by Gasteiger charge is 2.40. The van der Waals surface area contributed by atoms with Gasteiger partial charge in [-0.15, -0.1) is 10.2 Å². The van der Waals surface area contributed by atoms with Gasteiger partial charge in [0.2, 0.25) is 5.91 Å². The summed E-state index contributed by atoms with van der Waals surface area (Å²) in [6.45, 7) is 8.12. The van der Waals surface area contributed by atoms with Gasteiger partial charge in [-0.1, -0.05) is 19.1 Å². The van der Waals surface area contributed by atoms with Crippen LogP contribution in [-0.4, -0.2) is 48.9 Å². The van der Waals surface area contributed by atoms with Crippen molar-refractivity contribution in [1.29, 1.82) is 0 Å². The summed E-state index contributed by atoms with van der Waals surface area (Å²) in [6.07, 6.45) is 6.88. The number of fused-ring (bicyclic) bond motifs is 1. The smallest absolute Gasteiger partial charge is 0.223 e. The Kier molecular flexibility index (Phi) is 4.64. The minimum absolute atomic E-state index is 0.278. The van der Waals surface area contributed by atoms with Crippen LogP contribution in [-0.2, 0) is 4.79 Å². The number of nitrogens with one attached hydrogen (secondary N) is 1. The highest BCUT2D eigenvalue weighted by molar-refractivity contribution is 5.83. The van der Waals surface area contributed by atoms with Crippen LogP contribution in [0.25, 0.3) is 22.3 Å². The minimum atomic E-state index is 0.278. The van der Waals surface area contributed by atoms with Crippen molar-refractivity contribution in [3.63, 3.8) is 0 Å². The molecular weight excluding hydrogens is 376 g/mol. The summed E-state index contributed by atoms with van der Waals surface area (Å²) in [6, 6.07) is 6.59. The molecule has 3 aromatic rings. The standard InChI is InChI=1S/C23H30N6O/c1-15(2)29-19-12-17(4-5-18(19)14-24-29)22-25-21(26-27-22)16-6-10-28(11-7-16)20(30)13-23(3)8-9-23/h4-5,12,14-16H,6-11,13H2,1-3H3,(H,25,26,27). The van der Waals surface area contributed by atoms with E-state index in [9.17, 15) is 4.79 Å². The summed E-state index contributed by atoms with van der Waals surface area (Å²) in [5.41, 5.74) is 2.41. The number of aromatic amines is 1. The molecule has 5 rings (SSSR count). The fourth-order valence-electron chi connectivity index (χ4n) is 4.45. The third-order valence-electron chi connectivity index (χ3n) is 6.78. The van der Waals surface area contributed by atoms with Crippen molar-refractivity contribution < 1.29 is 4.79 Å². The molecule has 1 aromatic carbocycles. The summed E-state index contributed by atoms with van der Waals surface area (Å²) in [5, 5.41) is 14.5. The van der Waals surface area contributed by atoms with Crippen LogP contribution in [0.3, 0.4) is 0 Å². The topological polar surface area (TPSA) is 79.7 Å². The molecule has 1 saturated carbocycles. The normalized spacial score (nSPS) is 19.0. The van der Waals surface area contributed by atoms with Crippen LogP contribution >= 0.6 is 0 Å². The second-order valence-electron chi connectivity index (χ2n) is 9.66. The maximum Gasteiger partial charge on any atom is 0.223 e. The minimum Gasteiger partial charge on any atom is -0.343 e. The summed E-state index contributed by atoms with van der Waals surface area (Å²) in [4.78, 5) is 18.0. The number of hydrogen-bond acceptors (Lipinski definition) is 4. The SMILES string of the molecule is CC(C)n1ncc2ccc(-c3nnc(C4CCN(C(=O)CC5(C)CC5)CC4)[nH]3)cc21. The van der Waals surface area contributed by atoms with Crippen LogP contribution in [0.4, 0.5) is 0 Å². The van der Waals surface area contributed by atoms with Crippen molar-refractivity contribution in [2.24, 2.45) is 5.41 Å². The Hall–Kier alpha value is -2.70. The second-order valence-corrected chi connectivity index (χ2v) is 9.66. The number of H-pyrrole nitrogens is 1. The van der Waals surface area contributed by atoms with E-state index in [4.69, 9.17) is 0 Å². The van der Waals surface area contributed by atoms with Gasteiger partial charge in [0, 0.05) is 42.4 Å². The molecule has 0 spiro atoms. The first-order valence-corrected chi connectivity index (χ1v) is 11.1. The van der Waals surface area contributed by atoms with E-state index in [-0.39, 0.29) is 5.41 Å². The van der Waals surface area contributed by atoms with Gasteiger partial charge in [0.1, 0.15) is 5.82 Å². The lowest BCUT2D eigenvalue weighted by molar-refractivity contribution is -0.133. The van der Waals surface area contributed by atoms with Crippen molar-refractivity contribution in [3.8, 4) is 11.4 Å². The van der Waals surface area contributed by atoms with Gasteiger partial charge < -0.3 is 9.88 Å². The van der Waals surface area contributed by atoms with E-state index < -0.39 is 0 Å². The molecular formula is C23H30N6O. The van der Waals surface area contributed by atoms with Gasteiger partial charge in [0.15, 0.2) is 5.82 Å². The lowest BCUT2D eigenvalue weighted by Gasteiger charge is -2.31. The predicted molar refractivity (Wildman–Crippen MR) is 116 cm³/mol. The number of benzene rings is 1. The number of carbonyl (C=O) groups excluding carboxylic acids is 1. The number of likely N-dealkylation sites (tertiary alicyclic amines) is 1. The fraction of sp³-hybridized carbons (Fsp3) is 0.565. The highest BCUT2D eigenvalue weighted by atomic mass is 16.2. The Morgan fingerprint density at radius 3 is 2.70 bits per heavy atom. The monoisotopic (exact) mass is 406 g/mol. The van der Waals surface area contributed by atoms with Crippen molar-refractivity contribution in [3.05, 3.63) is 30.2 Å². The van der Waals surface area contributed by atoms with Gasteiger partial charge in [-0.25, -0.2) is 0 Å². The third kappa shape index (κ3) is 3.61. The highest BCUT2D eigenvalue weighted by Crippen LogP contribution is 2.48. The van der Waals surface area contributed by atoms with E-state index in [0.717, 1.165) is 54.0 Å². The van der Waals surface area contributed by atoms with Gasteiger partial charge in [0.05, 0.1) is 11.7 Å². The molecule has 7 heteroatoms. The third-order valence-corrected chi connectivity index (χ3v) is 6.78. The van der Waals surface area contributed by atoms with Crippen LogP contribution in [0.5, 0.6) is 0 Å². The van der Waals surface area contributed by atoms with Crippen LogP contribution in [0, 0.1) is 5.41 Å². The second kappa shape index (κ2) is 7.22. The molecule has 0 atom stereocenters. The Balaban J connectivity index is 1.27. The number of nitrogens with zero attached hydrogens (tertiary/aromatic N) is 5. The molecule has 2 aliphatic rings. The predicted octanol–water partition coefficient (Wildman–Crippen LogP) is 4.30. The molecule has 1 amide bonds. The van der Waals surface area contributed by atoms with E-state index in [1.54, 1.807) is 0 Å². The molecule has 2 aromatic heterocycles. The molecule has 1 N–H and O–H groups in total. The molecule has 1 aliphatic carbocycles. The zero-order chi connectivity index (χ0) is 20.9. The summed E-state index contributed by atoms with van der Waals surface area (Å²) < 4.78 is 2.03. The van der Waals surface area contributed by atoms with Gasteiger partial charge in [-0.2, -0.15) is 5.10 Å². The van der Waals surface area contributed by atoms with Crippen molar-refractivity contribution in [1.82, 2.24) is 29.9 Å². The van der Waals surface area contributed by atoms with Crippen molar-refractivity contribution >= 4 is 16.8 Å². The summed E-state index contributed by atoms with van der Waals surface area (Å²) in [5.74, 6) is 2.38. The maximum absolute atomic E-state index is 12.5. The number of piperidine rings is 1. The molecule has 3 heterocycles. The van der Waals surface area contributed by atoms with E-state index in [1.165, 1.54) is 12.8 Å². The maximum atomic E-state index is 12.5. The largest absolute Gasteiger partial charge is 0.343 e. The van der Waals surface area contributed by atoms with Crippen LogP contribution in [0.2, 0.25) is 0 Å². The zero-order valence-electron chi connectivity index (χ0n) is 18.1. The summed E-state index contributed by atoms with van der Waals surface area (Å²) >= 11 is 0. The van der Waals surface area contributed by atoms with Crippen LogP contribution < -0.4 is 0 Å². The number of aromatic nitrogens is 5. The van der Waals surface area contributed by atoms with E-state index >= 15 is 0 Å². The van der Waals surface area contributed by atoms with Crippen molar-refractivity contribution in [2.75, 3.05) is 13.1 Å². The molecule has 7 nitrogen and oxygen atoms in total. The first kappa shape index (κ1) is 19.3. The Morgan fingerprint density at radius 1 is 1.23 bits per heavy atom.